The van der Waals surface area contributed by atoms with Crippen LogP contribution >= 0.6 is 0 Å². The van der Waals surface area contributed by atoms with Crippen LogP contribution in [0.5, 0.6) is 0 Å². The van der Waals surface area contributed by atoms with E-state index in [9.17, 15) is 9.59 Å². The number of carbonyl (C=O) groups is 2. The maximum absolute atomic E-state index is 12.6. The number of rotatable bonds is 4. The second-order valence-corrected chi connectivity index (χ2v) is 6.68. The number of carbonyl (C=O) groups excluding carboxylic acids is 2. The first-order valence-corrected chi connectivity index (χ1v) is 9.24. The van der Waals surface area contributed by atoms with Gasteiger partial charge >= 0.3 is 0 Å². The molecule has 3 aromatic carbocycles. The lowest BCUT2D eigenvalue weighted by Gasteiger charge is -2.10. The Bertz CT molecular complexity index is 1190. The topological polar surface area (TPSA) is 71.1 Å². The van der Waals surface area contributed by atoms with E-state index in [1.807, 2.05) is 61.5 Å². The van der Waals surface area contributed by atoms with Gasteiger partial charge in [0, 0.05) is 28.4 Å². The van der Waals surface area contributed by atoms with E-state index in [1.54, 1.807) is 30.5 Å². The highest BCUT2D eigenvalue weighted by Gasteiger charge is 2.12. The summed E-state index contributed by atoms with van der Waals surface area (Å²) in [4.78, 5) is 29.4. The Morgan fingerprint density at radius 2 is 1.28 bits per heavy atom. The normalized spacial score (nSPS) is 10.5. The number of benzene rings is 3. The molecule has 1 aromatic heterocycles. The third kappa shape index (κ3) is 3.99. The Balaban J connectivity index is 1.49. The van der Waals surface area contributed by atoms with E-state index in [0.717, 1.165) is 22.2 Å². The molecule has 1 heterocycles. The molecule has 0 saturated heterocycles. The zero-order chi connectivity index (χ0) is 20.2. The molecule has 0 aliphatic carbocycles. The SMILES string of the molecule is Cc1ccccc1NC(=O)c1ccc(C(=O)Nc2cccc3cccnc23)cc1. The largest absolute Gasteiger partial charge is 0.322 e. The Labute approximate surface area is 168 Å². The molecule has 2 N–H and O–H groups in total. The average Bonchev–Trinajstić information content (AvgIpc) is 2.75. The highest BCUT2D eigenvalue weighted by Crippen LogP contribution is 2.21. The lowest BCUT2D eigenvalue weighted by atomic mass is 10.1. The second kappa shape index (κ2) is 7.94. The fourth-order valence-electron chi connectivity index (χ4n) is 3.08. The predicted octanol–water partition coefficient (Wildman–Crippen LogP) is 5.05. The van der Waals surface area contributed by atoms with Crippen molar-refractivity contribution in [2.45, 2.75) is 6.92 Å². The summed E-state index contributed by atoms with van der Waals surface area (Å²) in [6.45, 7) is 1.94. The number of amides is 2. The minimum absolute atomic E-state index is 0.218. The number of aryl methyl sites for hydroxylation is 1. The number of fused-ring (bicyclic) bond motifs is 1. The minimum atomic E-state index is -0.256. The van der Waals surface area contributed by atoms with E-state index in [0.29, 0.717) is 16.8 Å². The zero-order valence-corrected chi connectivity index (χ0v) is 15.8. The summed E-state index contributed by atoms with van der Waals surface area (Å²) in [7, 11) is 0. The first kappa shape index (κ1) is 18.4. The van der Waals surface area contributed by atoms with E-state index in [1.165, 1.54) is 0 Å². The molecule has 0 bridgehead atoms. The van der Waals surface area contributed by atoms with Crippen molar-refractivity contribution in [3.05, 3.63) is 102 Å². The van der Waals surface area contributed by atoms with Crippen molar-refractivity contribution in [3.8, 4) is 0 Å². The van der Waals surface area contributed by atoms with Gasteiger partial charge in [-0.25, -0.2) is 0 Å². The molecule has 2 amide bonds. The molecule has 0 saturated carbocycles. The number of para-hydroxylation sites is 2. The van der Waals surface area contributed by atoms with Crippen LogP contribution in [0.1, 0.15) is 26.3 Å². The number of hydrogen-bond donors (Lipinski definition) is 2. The standard InChI is InChI=1S/C24H19N3O2/c1-16-6-2-3-9-20(16)26-23(28)18-11-13-19(14-12-18)24(29)27-21-10-4-7-17-8-5-15-25-22(17)21/h2-15H,1H3,(H,26,28)(H,27,29). The number of nitrogens with one attached hydrogen (secondary N) is 2. The van der Waals surface area contributed by atoms with Gasteiger partial charge in [0.2, 0.25) is 0 Å². The first-order chi connectivity index (χ1) is 14.1. The molecule has 0 aliphatic heterocycles. The van der Waals surface area contributed by atoms with Crippen LogP contribution in [0.2, 0.25) is 0 Å². The highest BCUT2D eigenvalue weighted by atomic mass is 16.2. The molecule has 0 atom stereocenters. The second-order valence-electron chi connectivity index (χ2n) is 6.68. The third-order valence-electron chi connectivity index (χ3n) is 4.68. The van der Waals surface area contributed by atoms with E-state index >= 15 is 0 Å². The van der Waals surface area contributed by atoms with Crippen LogP contribution in [0.4, 0.5) is 11.4 Å². The molecule has 4 rings (SSSR count). The van der Waals surface area contributed by atoms with Crippen molar-refractivity contribution in [1.82, 2.24) is 4.98 Å². The van der Waals surface area contributed by atoms with Gasteiger partial charge in [0.25, 0.3) is 11.8 Å². The van der Waals surface area contributed by atoms with Gasteiger partial charge in [0.05, 0.1) is 11.2 Å². The molecule has 0 spiro atoms. The molecular formula is C24H19N3O2. The van der Waals surface area contributed by atoms with Gasteiger partial charge in [-0.05, 0) is 55.0 Å². The van der Waals surface area contributed by atoms with E-state index in [-0.39, 0.29) is 11.8 Å². The highest BCUT2D eigenvalue weighted by molar-refractivity contribution is 6.09. The van der Waals surface area contributed by atoms with Crippen LogP contribution in [-0.4, -0.2) is 16.8 Å². The molecule has 4 aromatic rings. The van der Waals surface area contributed by atoms with Crippen molar-refractivity contribution in [2.75, 3.05) is 10.6 Å². The number of aromatic nitrogens is 1. The fourth-order valence-corrected chi connectivity index (χ4v) is 3.08. The van der Waals surface area contributed by atoms with Crippen LogP contribution < -0.4 is 10.6 Å². The summed E-state index contributed by atoms with van der Waals surface area (Å²) in [6.07, 6.45) is 1.69. The van der Waals surface area contributed by atoms with Crippen molar-refractivity contribution in [2.24, 2.45) is 0 Å². The van der Waals surface area contributed by atoms with Gasteiger partial charge in [-0.3, -0.25) is 14.6 Å². The molecule has 0 unspecified atom stereocenters. The van der Waals surface area contributed by atoms with Crippen molar-refractivity contribution in [3.63, 3.8) is 0 Å². The monoisotopic (exact) mass is 381 g/mol. The van der Waals surface area contributed by atoms with Crippen LogP contribution in [0.25, 0.3) is 10.9 Å². The van der Waals surface area contributed by atoms with Gasteiger partial charge in [0.1, 0.15) is 0 Å². The summed E-state index contributed by atoms with van der Waals surface area (Å²) in [5.74, 6) is -0.474. The Kier molecular flexibility index (Phi) is 5.03. The van der Waals surface area contributed by atoms with Gasteiger partial charge in [-0.15, -0.1) is 0 Å². The zero-order valence-electron chi connectivity index (χ0n) is 15.8. The molecule has 29 heavy (non-hydrogen) atoms. The van der Waals surface area contributed by atoms with Crippen molar-refractivity contribution in [1.29, 1.82) is 0 Å². The summed E-state index contributed by atoms with van der Waals surface area (Å²) in [6, 6.07) is 23.6. The van der Waals surface area contributed by atoms with Crippen LogP contribution in [0.3, 0.4) is 0 Å². The Hall–Kier alpha value is -3.99. The van der Waals surface area contributed by atoms with Gasteiger partial charge in [-0.2, -0.15) is 0 Å². The Morgan fingerprint density at radius 1 is 0.690 bits per heavy atom. The number of anilines is 2. The Morgan fingerprint density at radius 3 is 1.97 bits per heavy atom. The molecule has 5 heteroatoms. The molecule has 5 nitrogen and oxygen atoms in total. The molecule has 0 radical (unpaired) electrons. The number of nitrogens with zero attached hydrogens (tertiary/aromatic N) is 1. The van der Waals surface area contributed by atoms with Gasteiger partial charge < -0.3 is 10.6 Å². The molecule has 0 aliphatic rings. The lowest BCUT2D eigenvalue weighted by molar-refractivity contribution is 0.101. The third-order valence-corrected chi connectivity index (χ3v) is 4.68. The maximum atomic E-state index is 12.6. The van der Waals surface area contributed by atoms with E-state index in [4.69, 9.17) is 0 Å². The summed E-state index contributed by atoms with van der Waals surface area (Å²) in [5.41, 5.74) is 4.08. The first-order valence-electron chi connectivity index (χ1n) is 9.24. The minimum Gasteiger partial charge on any atom is -0.322 e. The quantitative estimate of drug-likeness (QED) is 0.520. The van der Waals surface area contributed by atoms with Crippen LogP contribution in [0.15, 0.2) is 85.1 Å². The van der Waals surface area contributed by atoms with E-state index in [2.05, 4.69) is 15.6 Å². The predicted molar refractivity (Wildman–Crippen MR) is 115 cm³/mol. The molecule has 0 fully saturated rings. The van der Waals surface area contributed by atoms with E-state index < -0.39 is 0 Å². The van der Waals surface area contributed by atoms with Crippen LogP contribution in [-0.2, 0) is 0 Å². The summed E-state index contributed by atoms with van der Waals surface area (Å²) >= 11 is 0. The lowest BCUT2D eigenvalue weighted by Crippen LogP contribution is -2.15. The van der Waals surface area contributed by atoms with Crippen LogP contribution in [0, 0.1) is 6.92 Å². The number of hydrogen-bond acceptors (Lipinski definition) is 3. The maximum Gasteiger partial charge on any atom is 0.255 e. The average molecular weight is 381 g/mol. The summed E-state index contributed by atoms with van der Waals surface area (Å²) in [5, 5.41) is 6.73. The van der Waals surface area contributed by atoms with Gasteiger partial charge in [0.15, 0.2) is 0 Å². The molecular weight excluding hydrogens is 362 g/mol. The van der Waals surface area contributed by atoms with Crippen molar-refractivity contribution >= 4 is 34.1 Å². The van der Waals surface area contributed by atoms with Gasteiger partial charge in [-0.1, -0.05) is 36.4 Å². The number of pyridine rings is 1. The molecule has 142 valence electrons. The smallest absolute Gasteiger partial charge is 0.255 e. The van der Waals surface area contributed by atoms with Crippen molar-refractivity contribution < 1.29 is 9.59 Å². The fraction of sp³-hybridized carbons (Fsp3) is 0.0417. The summed E-state index contributed by atoms with van der Waals surface area (Å²) < 4.78 is 0.